The normalized spacial score (nSPS) is 14.9. The third-order valence-electron chi connectivity index (χ3n) is 2.96. The molecule has 1 aromatic heterocycles. The number of hydrogen-bond donors (Lipinski definition) is 1. The highest BCUT2D eigenvalue weighted by molar-refractivity contribution is 7.99. The van der Waals surface area contributed by atoms with Gasteiger partial charge >= 0.3 is 0 Å². The van der Waals surface area contributed by atoms with Crippen molar-refractivity contribution in [3.05, 3.63) is 27.9 Å². The molecular formula is C12H16N4O3S. The van der Waals surface area contributed by atoms with E-state index in [0.29, 0.717) is 25.5 Å². The molecule has 1 N–H and O–H groups in total. The molecule has 2 heterocycles. The van der Waals surface area contributed by atoms with Crippen LogP contribution in [-0.2, 0) is 0 Å². The Morgan fingerprint density at radius 2 is 2.25 bits per heavy atom. The van der Waals surface area contributed by atoms with Gasteiger partial charge in [-0.25, -0.2) is 4.98 Å². The van der Waals surface area contributed by atoms with E-state index in [1.165, 1.54) is 12.3 Å². The van der Waals surface area contributed by atoms with Crippen LogP contribution in [0.2, 0.25) is 0 Å². The van der Waals surface area contributed by atoms with E-state index in [9.17, 15) is 14.9 Å². The van der Waals surface area contributed by atoms with Gasteiger partial charge in [-0.1, -0.05) is 0 Å². The van der Waals surface area contributed by atoms with Gasteiger partial charge in [0.05, 0.1) is 10.5 Å². The highest BCUT2D eigenvalue weighted by Crippen LogP contribution is 2.22. The maximum absolute atomic E-state index is 12.5. The van der Waals surface area contributed by atoms with Crippen LogP contribution >= 0.6 is 11.8 Å². The predicted molar refractivity (Wildman–Crippen MR) is 78.3 cm³/mol. The number of carbonyl (C=O) groups excluding carboxylic acids is 1. The molecule has 2 rings (SSSR count). The minimum absolute atomic E-state index is 0.165. The zero-order chi connectivity index (χ0) is 14.5. The highest BCUT2D eigenvalue weighted by Gasteiger charge is 2.24. The molecule has 1 fully saturated rings. The summed E-state index contributed by atoms with van der Waals surface area (Å²) >= 11 is 1.80. The van der Waals surface area contributed by atoms with Crippen LogP contribution in [-0.4, -0.2) is 51.9 Å². The second-order valence-corrected chi connectivity index (χ2v) is 5.51. The summed E-state index contributed by atoms with van der Waals surface area (Å²) < 4.78 is 0. The maximum Gasteiger partial charge on any atom is 0.288 e. The van der Waals surface area contributed by atoms with Crippen LogP contribution in [0, 0.1) is 10.1 Å². The molecule has 0 atom stereocenters. The molecule has 0 spiro atoms. The summed E-state index contributed by atoms with van der Waals surface area (Å²) in [7, 11) is 0. The Bertz CT molecular complexity index is 517. The third-order valence-corrected chi connectivity index (χ3v) is 3.90. The van der Waals surface area contributed by atoms with E-state index in [0.717, 1.165) is 11.5 Å². The summed E-state index contributed by atoms with van der Waals surface area (Å²) in [6.07, 6.45) is 1.17. The topological polar surface area (TPSA) is 88.4 Å². The number of aromatic nitrogens is 1. The van der Waals surface area contributed by atoms with Crippen molar-refractivity contribution in [1.29, 1.82) is 0 Å². The van der Waals surface area contributed by atoms with E-state index in [1.54, 1.807) is 16.7 Å². The smallest absolute Gasteiger partial charge is 0.288 e. The zero-order valence-electron chi connectivity index (χ0n) is 11.2. The molecule has 1 aliphatic heterocycles. The van der Waals surface area contributed by atoms with Crippen LogP contribution in [0.5, 0.6) is 0 Å². The van der Waals surface area contributed by atoms with Crippen LogP contribution in [0.15, 0.2) is 12.3 Å². The minimum Gasteiger partial charge on any atom is -0.370 e. The third kappa shape index (κ3) is 3.19. The first-order valence-corrected chi connectivity index (χ1v) is 7.54. The van der Waals surface area contributed by atoms with Crippen molar-refractivity contribution >= 4 is 29.2 Å². The molecule has 0 bridgehead atoms. The molecule has 108 valence electrons. The summed E-state index contributed by atoms with van der Waals surface area (Å²) in [5.41, 5.74) is 0.106. The number of carbonyl (C=O) groups is 1. The van der Waals surface area contributed by atoms with Crippen molar-refractivity contribution in [1.82, 2.24) is 9.88 Å². The molecule has 0 saturated carbocycles. The predicted octanol–water partition coefficient (Wildman–Crippen LogP) is 1.61. The number of anilines is 1. The second-order valence-electron chi connectivity index (χ2n) is 4.28. The molecule has 7 nitrogen and oxygen atoms in total. The Hall–Kier alpha value is -1.83. The fourth-order valence-electron chi connectivity index (χ4n) is 1.96. The maximum atomic E-state index is 12.5. The van der Waals surface area contributed by atoms with Gasteiger partial charge in [0.25, 0.3) is 11.6 Å². The quantitative estimate of drug-likeness (QED) is 0.671. The Kier molecular flexibility index (Phi) is 4.78. The zero-order valence-corrected chi connectivity index (χ0v) is 12.0. The summed E-state index contributed by atoms with van der Waals surface area (Å²) in [6, 6.07) is 1.30. The van der Waals surface area contributed by atoms with E-state index >= 15 is 0 Å². The first-order valence-electron chi connectivity index (χ1n) is 6.38. The first kappa shape index (κ1) is 14.6. The van der Waals surface area contributed by atoms with Crippen molar-refractivity contribution < 1.29 is 9.72 Å². The molecule has 0 aromatic carbocycles. The van der Waals surface area contributed by atoms with E-state index < -0.39 is 4.92 Å². The summed E-state index contributed by atoms with van der Waals surface area (Å²) in [6.45, 7) is 3.81. The lowest BCUT2D eigenvalue weighted by atomic mass is 10.2. The number of amides is 1. The number of nitrogens with zero attached hydrogens (tertiary/aromatic N) is 3. The number of thioether (sulfide) groups is 1. The van der Waals surface area contributed by atoms with E-state index in [2.05, 4.69) is 10.3 Å². The monoisotopic (exact) mass is 296 g/mol. The van der Waals surface area contributed by atoms with E-state index in [-0.39, 0.29) is 17.2 Å². The van der Waals surface area contributed by atoms with Gasteiger partial charge in [-0.15, -0.1) is 0 Å². The van der Waals surface area contributed by atoms with Gasteiger partial charge in [0.15, 0.2) is 0 Å². The molecular weight excluding hydrogens is 280 g/mol. The Morgan fingerprint density at radius 1 is 1.55 bits per heavy atom. The lowest BCUT2D eigenvalue weighted by molar-refractivity contribution is -0.385. The second kappa shape index (κ2) is 6.56. The van der Waals surface area contributed by atoms with Gasteiger partial charge in [0.1, 0.15) is 12.0 Å². The standard InChI is InChI=1S/C12H16N4O3S/c1-2-13-11-10(7-9(8-14-11)16(18)19)12(17)15-3-5-20-6-4-15/h7-8H,2-6H2,1H3,(H,13,14). The molecule has 0 unspecified atom stereocenters. The Morgan fingerprint density at radius 3 is 2.85 bits per heavy atom. The van der Waals surface area contributed by atoms with Crippen molar-refractivity contribution in [2.45, 2.75) is 6.92 Å². The fraction of sp³-hybridized carbons (Fsp3) is 0.500. The molecule has 0 aliphatic carbocycles. The molecule has 8 heteroatoms. The van der Waals surface area contributed by atoms with Gasteiger partial charge in [-0.3, -0.25) is 14.9 Å². The largest absolute Gasteiger partial charge is 0.370 e. The molecule has 1 aromatic rings. The van der Waals surface area contributed by atoms with Crippen LogP contribution in [0.25, 0.3) is 0 Å². The Labute approximate surface area is 120 Å². The van der Waals surface area contributed by atoms with Crippen molar-refractivity contribution in [2.24, 2.45) is 0 Å². The molecule has 1 saturated heterocycles. The van der Waals surface area contributed by atoms with Gasteiger partial charge < -0.3 is 10.2 Å². The van der Waals surface area contributed by atoms with Crippen LogP contribution in [0.1, 0.15) is 17.3 Å². The van der Waals surface area contributed by atoms with Gasteiger partial charge in [0, 0.05) is 37.2 Å². The fourth-order valence-corrected chi connectivity index (χ4v) is 2.86. The van der Waals surface area contributed by atoms with Gasteiger partial charge in [-0.05, 0) is 6.92 Å². The van der Waals surface area contributed by atoms with E-state index in [1.807, 2.05) is 6.92 Å². The molecule has 20 heavy (non-hydrogen) atoms. The number of nitrogens with one attached hydrogen (secondary N) is 1. The van der Waals surface area contributed by atoms with Crippen LogP contribution < -0.4 is 5.32 Å². The highest BCUT2D eigenvalue weighted by atomic mass is 32.2. The average Bonchev–Trinajstić information content (AvgIpc) is 2.48. The molecule has 1 aliphatic rings. The number of rotatable bonds is 4. The SMILES string of the molecule is CCNc1ncc([N+](=O)[O-])cc1C(=O)N1CCSCC1. The van der Waals surface area contributed by atoms with E-state index in [4.69, 9.17) is 0 Å². The molecule has 0 radical (unpaired) electrons. The molecule has 1 amide bonds. The van der Waals surface area contributed by atoms with Gasteiger partial charge in [-0.2, -0.15) is 11.8 Å². The van der Waals surface area contributed by atoms with Crippen LogP contribution in [0.3, 0.4) is 0 Å². The first-order chi connectivity index (χ1) is 9.63. The minimum atomic E-state index is -0.536. The summed E-state index contributed by atoms with van der Waals surface area (Å²) in [5, 5.41) is 13.8. The van der Waals surface area contributed by atoms with Crippen LogP contribution in [0.4, 0.5) is 11.5 Å². The van der Waals surface area contributed by atoms with Gasteiger partial charge in [0.2, 0.25) is 0 Å². The summed E-state index contributed by atoms with van der Waals surface area (Å²) in [4.78, 5) is 28.5. The van der Waals surface area contributed by atoms with Crippen molar-refractivity contribution in [3.8, 4) is 0 Å². The van der Waals surface area contributed by atoms with Crippen molar-refractivity contribution in [2.75, 3.05) is 36.5 Å². The number of nitro groups is 1. The lowest BCUT2D eigenvalue weighted by Gasteiger charge is -2.27. The number of hydrogen-bond acceptors (Lipinski definition) is 6. The number of pyridine rings is 1. The Balaban J connectivity index is 2.32. The summed E-state index contributed by atoms with van der Waals surface area (Å²) in [5.74, 6) is 1.99. The lowest BCUT2D eigenvalue weighted by Crippen LogP contribution is -2.38. The van der Waals surface area contributed by atoms with Crippen molar-refractivity contribution in [3.63, 3.8) is 0 Å². The average molecular weight is 296 g/mol.